The summed E-state index contributed by atoms with van der Waals surface area (Å²) in [5.41, 5.74) is 2.29. The Morgan fingerprint density at radius 2 is 1.89 bits per heavy atom. The molecule has 1 heterocycles. The predicted octanol–water partition coefficient (Wildman–Crippen LogP) is 1.16. The van der Waals surface area contributed by atoms with Crippen molar-refractivity contribution in [3.63, 3.8) is 0 Å². The van der Waals surface area contributed by atoms with Crippen molar-refractivity contribution in [3.8, 4) is 5.88 Å². The Hall–Kier alpha value is -2.14. The number of aliphatic hydroxyl groups excluding tert-OH is 1. The Labute approximate surface area is 111 Å². The van der Waals surface area contributed by atoms with E-state index in [1.165, 1.54) is 4.57 Å². The molecule has 0 bridgehead atoms. The third kappa shape index (κ3) is 3.20. The Morgan fingerprint density at radius 1 is 1.26 bits per heavy atom. The van der Waals surface area contributed by atoms with Crippen LogP contribution in [0.2, 0.25) is 0 Å². The van der Waals surface area contributed by atoms with Crippen LogP contribution in [-0.4, -0.2) is 14.7 Å². The van der Waals surface area contributed by atoms with E-state index in [4.69, 9.17) is 9.84 Å². The molecular weight excluding hydrogens is 244 g/mol. The van der Waals surface area contributed by atoms with Crippen LogP contribution in [0.15, 0.2) is 35.3 Å². The SMILES string of the molecule is Cc1cn(C)c(=O)nc1OCc1ccc(CO)cc1. The average Bonchev–Trinajstić information content (AvgIpc) is 2.42. The van der Waals surface area contributed by atoms with Crippen LogP contribution in [0.5, 0.6) is 5.88 Å². The molecule has 2 rings (SSSR count). The quantitative estimate of drug-likeness (QED) is 0.896. The van der Waals surface area contributed by atoms with Crippen molar-refractivity contribution in [2.24, 2.45) is 7.05 Å². The van der Waals surface area contributed by atoms with Gasteiger partial charge in [-0.15, -0.1) is 0 Å². The number of hydrogen-bond donors (Lipinski definition) is 1. The molecule has 0 aliphatic rings. The number of rotatable bonds is 4. The minimum Gasteiger partial charge on any atom is -0.472 e. The van der Waals surface area contributed by atoms with Crippen molar-refractivity contribution >= 4 is 0 Å². The van der Waals surface area contributed by atoms with Gasteiger partial charge in [-0.3, -0.25) is 0 Å². The summed E-state index contributed by atoms with van der Waals surface area (Å²) in [5.74, 6) is 0.356. The molecule has 0 aliphatic carbocycles. The number of aliphatic hydroxyl groups is 1. The number of hydrogen-bond acceptors (Lipinski definition) is 4. The molecule has 5 nitrogen and oxygen atoms in total. The molecule has 0 amide bonds. The normalized spacial score (nSPS) is 10.5. The van der Waals surface area contributed by atoms with E-state index in [-0.39, 0.29) is 12.3 Å². The van der Waals surface area contributed by atoms with Crippen LogP contribution in [-0.2, 0) is 20.3 Å². The third-order valence-corrected chi connectivity index (χ3v) is 2.80. The monoisotopic (exact) mass is 260 g/mol. The van der Waals surface area contributed by atoms with E-state index in [0.29, 0.717) is 12.5 Å². The smallest absolute Gasteiger partial charge is 0.350 e. The summed E-state index contributed by atoms with van der Waals surface area (Å²) in [5, 5.41) is 8.95. The van der Waals surface area contributed by atoms with E-state index >= 15 is 0 Å². The lowest BCUT2D eigenvalue weighted by Crippen LogP contribution is -2.20. The Bertz CT molecular complexity index is 618. The maximum Gasteiger partial charge on any atom is 0.350 e. The summed E-state index contributed by atoms with van der Waals surface area (Å²) in [6.07, 6.45) is 1.69. The zero-order valence-corrected chi connectivity index (χ0v) is 11.0. The molecule has 0 aliphatic heterocycles. The fourth-order valence-electron chi connectivity index (χ4n) is 1.69. The van der Waals surface area contributed by atoms with Gasteiger partial charge in [0.25, 0.3) is 0 Å². The predicted molar refractivity (Wildman–Crippen MR) is 70.9 cm³/mol. The van der Waals surface area contributed by atoms with Crippen LogP contribution in [0.1, 0.15) is 16.7 Å². The second-order valence-corrected chi connectivity index (χ2v) is 4.39. The van der Waals surface area contributed by atoms with Gasteiger partial charge in [-0.05, 0) is 18.1 Å². The zero-order chi connectivity index (χ0) is 13.8. The highest BCUT2D eigenvalue weighted by Crippen LogP contribution is 2.13. The average molecular weight is 260 g/mol. The molecule has 0 radical (unpaired) electrons. The van der Waals surface area contributed by atoms with Crippen LogP contribution in [0.3, 0.4) is 0 Å². The molecule has 0 saturated heterocycles. The molecule has 1 N–H and O–H groups in total. The number of nitrogens with zero attached hydrogens (tertiary/aromatic N) is 2. The molecule has 0 atom stereocenters. The molecule has 5 heteroatoms. The summed E-state index contributed by atoms with van der Waals surface area (Å²) in [4.78, 5) is 15.3. The second kappa shape index (κ2) is 5.67. The van der Waals surface area contributed by atoms with Gasteiger partial charge in [-0.2, -0.15) is 4.98 Å². The van der Waals surface area contributed by atoms with Gasteiger partial charge in [0.15, 0.2) is 0 Å². The van der Waals surface area contributed by atoms with Crippen molar-refractivity contribution in [2.45, 2.75) is 20.1 Å². The summed E-state index contributed by atoms with van der Waals surface area (Å²) in [6, 6.07) is 7.43. The third-order valence-electron chi connectivity index (χ3n) is 2.80. The van der Waals surface area contributed by atoms with Crippen LogP contribution >= 0.6 is 0 Å². The van der Waals surface area contributed by atoms with Gasteiger partial charge >= 0.3 is 5.69 Å². The molecule has 0 saturated carbocycles. The topological polar surface area (TPSA) is 64.4 Å². The van der Waals surface area contributed by atoms with Crippen molar-refractivity contribution in [1.29, 1.82) is 0 Å². The van der Waals surface area contributed by atoms with Gasteiger partial charge in [0.2, 0.25) is 5.88 Å². The summed E-state index contributed by atoms with van der Waals surface area (Å²) < 4.78 is 6.96. The highest BCUT2D eigenvalue weighted by molar-refractivity contribution is 5.24. The standard InChI is InChI=1S/C14H16N2O3/c1-10-7-16(2)14(18)15-13(10)19-9-12-5-3-11(8-17)4-6-12/h3-7,17H,8-9H2,1-2H3. The first-order chi connectivity index (χ1) is 9.10. The first kappa shape index (κ1) is 13.3. The largest absolute Gasteiger partial charge is 0.472 e. The fraction of sp³-hybridized carbons (Fsp3) is 0.286. The van der Waals surface area contributed by atoms with E-state index in [1.807, 2.05) is 31.2 Å². The van der Waals surface area contributed by atoms with Gasteiger partial charge in [-0.1, -0.05) is 24.3 Å². The lowest BCUT2D eigenvalue weighted by atomic mass is 10.1. The Kier molecular flexibility index (Phi) is 3.97. The Balaban J connectivity index is 2.09. The lowest BCUT2D eigenvalue weighted by molar-refractivity contribution is 0.280. The first-order valence-corrected chi connectivity index (χ1v) is 5.96. The molecular formula is C14H16N2O3. The summed E-state index contributed by atoms with van der Waals surface area (Å²) in [6.45, 7) is 2.21. The zero-order valence-electron chi connectivity index (χ0n) is 11.0. The van der Waals surface area contributed by atoms with Gasteiger partial charge < -0.3 is 14.4 Å². The molecule has 0 spiro atoms. The number of ether oxygens (including phenoxy) is 1. The van der Waals surface area contributed by atoms with Gasteiger partial charge in [0.1, 0.15) is 6.61 Å². The van der Waals surface area contributed by atoms with Crippen LogP contribution in [0, 0.1) is 6.92 Å². The molecule has 1 aromatic carbocycles. The van der Waals surface area contributed by atoms with Crippen LogP contribution in [0.4, 0.5) is 0 Å². The van der Waals surface area contributed by atoms with Crippen molar-refractivity contribution in [2.75, 3.05) is 0 Å². The molecule has 2 aromatic rings. The minimum atomic E-state index is -0.337. The van der Waals surface area contributed by atoms with Crippen molar-refractivity contribution in [1.82, 2.24) is 9.55 Å². The van der Waals surface area contributed by atoms with E-state index < -0.39 is 0 Å². The second-order valence-electron chi connectivity index (χ2n) is 4.39. The van der Waals surface area contributed by atoms with Gasteiger partial charge in [0, 0.05) is 18.8 Å². The number of aryl methyl sites for hydroxylation is 2. The van der Waals surface area contributed by atoms with Crippen molar-refractivity contribution < 1.29 is 9.84 Å². The molecule has 0 unspecified atom stereocenters. The minimum absolute atomic E-state index is 0.0243. The first-order valence-electron chi connectivity index (χ1n) is 5.96. The van der Waals surface area contributed by atoms with Gasteiger partial charge in [-0.25, -0.2) is 4.79 Å². The molecule has 100 valence electrons. The van der Waals surface area contributed by atoms with Crippen LogP contribution < -0.4 is 10.4 Å². The van der Waals surface area contributed by atoms with Crippen LogP contribution in [0.25, 0.3) is 0 Å². The van der Waals surface area contributed by atoms with E-state index in [1.54, 1.807) is 13.2 Å². The van der Waals surface area contributed by atoms with Gasteiger partial charge in [0.05, 0.1) is 6.61 Å². The summed E-state index contributed by atoms with van der Waals surface area (Å²) in [7, 11) is 1.65. The maximum atomic E-state index is 11.4. The van der Waals surface area contributed by atoms with E-state index in [0.717, 1.165) is 16.7 Å². The van der Waals surface area contributed by atoms with Crippen molar-refractivity contribution in [3.05, 3.63) is 57.6 Å². The number of benzene rings is 1. The van der Waals surface area contributed by atoms with E-state index in [9.17, 15) is 4.79 Å². The fourth-order valence-corrected chi connectivity index (χ4v) is 1.69. The highest BCUT2D eigenvalue weighted by Gasteiger charge is 2.05. The molecule has 1 aromatic heterocycles. The molecule has 19 heavy (non-hydrogen) atoms. The lowest BCUT2D eigenvalue weighted by Gasteiger charge is -2.09. The Morgan fingerprint density at radius 3 is 2.53 bits per heavy atom. The molecule has 0 fully saturated rings. The highest BCUT2D eigenvalue weighted by atomic mass is 16.5. The summed E-state index contributed by atoms with van der Waals surface area (Å²) >= 11 is 0. The van der Waals surface area contributed by atoms with E-state index in [2.05, 4.69) is 4.98 Å². The maximum absolute atomic E-state index is 11.4. The number of aromatic nitrogens is 2.